The number of esters is 1. The lowest BCUT2D eigenvalue weighted by Crippen LogP contribution is -2.00. The van der Waals surface area contributed by atoms with Crippen LogP contribution in [0, 0.1) is 0 Å². The first-order valence-electron chi connectivity index (χ1n) is 8.41. The predicted octanol–water partition coefficient (Wildman–Crippen LogP) is 5.59. The van der Waals surface area contributed by atoms with Gasteiger partial charge in [-0.25, -0.2) is 4.39 Å². The molecule has 0 aromatic heterocycles. The number of halogens is 1. The number of unbranched alkanes of at least 4 members (excludes halogenated alkanes) is 8. The van der Waals surface area contributed by atoms with Crippen molar-refractivity contribution in [2.24, 2.45) is 0 Å². The molecule has 0 saturated carbocycles. The van der Waals surface area contributed by atoms with Crippen LogP contribution in [0.1, 0.15) is 90.4 Å². The Kier molecular flexibility index (Phi) is 14.4. The summed E-state index contributed by atoms with van der Waals surface area (Å²) in [7, 11) is 1.43. The molecule has 0 aromatic rings. The monoisotopic (exact) mass is 288 g/mol. The van der Waals surface area contributed by atoms with Crippen molar-refractivity contribution >= 4 is 5.97 Å². The van der Waals surface area contributed by atoms with Gasteiger partial charge in [-0.2, -0.15) is 0 Å². The van der Waals surface area contributed by atoms with E-state index in [1.165, 1.54) is 26.4 Å². The summed E-state index contributed by atoms with van der Waals surface area (Å²) >= 11 is 0. The summed E-state index contributed by atoms with van der Waals surface area (Å²) in [5, 5.41) is 0. The number of rotatable bonds is 14. The normalized spacial score (nSPS) is 12.3. The summed E-state index contributed by atoms with van der Waals surface area (Å²) < 4.78 is 18.1. The second-order valence-electron chi connectivity index (χ2n) is 5.68. The molecule has 2 nitrogen and oxygen atoms in total. The predicted molar refractivity (Wildman–Crippen MR) is 82.6 cm³/mol. The van der Waals surface area contributed by atoms with E-state index in [0.717, 1.165) is 57.8 Å². The Hall–Kier alpha value is -0.600. The molecule has 0 rings (SSSR count). The van der Waals surface area contributed by atoms with Gasteiger partial charge in [0.25, 0.3) is 0 Å². The molecule has 0 amide bonds. The summed E-state index contributed by atoms with van der Waals surface area (Å²) in [4.78, 5) is 10.9. The molecule has 1 atom stereocenters. The number of ether oxygens (including phenoxy) is 1. The van der Waals surface area contributed by atoms with Gasteiger partial charge in [0.1, 0.15) is 6.17 Å². The number of hydrogen-bond donors (Lipinski definition) is 0. The first-order chi connectivity index (χ1) is 9.70. The van der Waals surface area contributed by atoms with E-state index in [-0.39, 0.29) is 5.97 Å². The zero-order valence-electron chi connectivity index (χ0n) is 13.5. The lowest BCUT2D eigenvalue weighted by atomic mass is 10.0. The summed E-state index contributed by atoms with van der Waals surface area (Å²) in [5.41, 5.74) is 0. The number of hydrogen-bond acceptors (Lipinski definition) is 2. The van der Waals surface area contributed by atoms with Crippen LogP contribution in [-0.2, 0) is 9.53 Å². The fourth-order valence-electron chi connectivity index (χ4n) is 2.38. The van der Waals surface area contributed by atoms with E-state index in [4.69, 9.17) is 0 Å². The van der Waals surface area contributed by atoms with E-state index in [1.54, 1.807) is 0 Å². The average Bonchev–Trinajstić information content (AvgIpc) is 2.46. The van der Waals surface area contributed by atoms with Gasteiger partial charge >= 0.3 is 5.97 Å². The summed E-state index contributed by atoms with van der Waals surface area (Å²) in [6.07, 6.45) is 12.5. The van der Waals surface area contributed by atoms with Gasteiger partial charge in [-0.1, -0.05) is 64.7 Å². The minimum absolute atomic E-state index is 0.117. The van der Waals surface area contributed by atoms with E-state index in [2.05, 4.69) is 11.7 Å². The Balaban J connectivity index is 3.17. The van der Waals surface area contributed by atoms with Crippen molar-refractivity contribution in [3.8, 4) is 0 Å². The van der Waals surface area contributed by atoms with Gasteiger partial charge in [0.2, 0.25) is 0 Å². The molecule has 0 fully saturated rings. The third-order valence-corrected chi connectivity index (χ3v) is 3.75. The molecule has 0 aliphatic carbocycles. The molecule has 0 N–H and O–H groups in total. The maximum atomic E-state index is 13.5. The van der Waals surface area contributed by atoms with Gasteiger partial charge in [0.05, 0.1) is 7.11 Å². The van der Waals surface area contributed by atoms with Crippen LogP contribution in [0.4, 0.5) is 4.39 Å². The minimum Gasteiger partial charge on any atom is -0.469 e. The molecular formula is C17H33FO2. The highest BCUT2D eigenvalue weighted by molar-refractivity contribution is 5.68. The Morgan fingerprint density at radius 2 is 1.40 bits per heavy atom. The van der Waals surface area contributed by atoms with Crippen molar-refractivity contribution in [1.29, 1.82) is 0 Å². The highest BCUT2D eigenvalue weighted by Gasteiger charge is 2.05. The van der Waals surface area contributed by atoms with Crippen LogP contribution in [0.3, 0.4) is 0 Å². The fourth-order valence-corrected chi connectivity index (χ4v) is 2.38. The smallest absolute Gasteiger partial charge is 0.305 e. The lowest BCUT2D eigenvalue weighted by molar-refractivity contribution is -0.140. The van der Waals surface area contributed by atoms with Crippen LogP contribution in [-0.4, -0.2) is 19.3 Å². The number of alkyl halides is 1. The fraction of sp³-hybridized carbons (Fsp3) is 0.941. The van der Waals surface area contributed by atoms with Gasteiger partial charge in [-0.3, -0.25) is 4.79 Å². The van der Waals surface area contributed by atoms with E-state index in [0.29, 0.717) is 6.42 Å². The van der Waals surface area contributed by atoms with E-state index in [9.17, 15) is 9.18 Å². The third kappa shape index (κ3) is 13.8. The molecular weight excluding hydrogens is 255 g/mol. The molecule has 0 unspecified atom stereocenters. The maximum Gasteiger partial charge on any atom is 0.305 e. The summed E-state index contributed by atoms with van der Waals surface area (Å²) in [5.74, 6) is -0.117. The Labute approximate surface area is 124 Å². The second kappa shape index (κ2) is 14.8. The average molecular weight is 288 g/mol. The lowest BCUT2D eigenvalue weighted by Gasteiger charge is -2.07. The van der Waals surface area contributed by atoms with Gasteiger partial charge < -0.3 is 4.74 Å². The van der Waals surface area contributed by atoms with Gasteiger partial charge in [0.15, 0.2) is 0 Å². The molecule has 20 heavy (non-hydrogen) atoms. The molecule has 0 radical (unpaired) electrons. The van der Waals surface area contributed by atoms with Crippen molar-refractivity contribution in [2.75, 3.05) is 7.11 Å². The van der Waals surface area contributed by atoms with Crippen molar-refractivity contribution in [2.45, 2.75) is 96.6 Å². The Morgan fingerprint density at radius 3 is 1.95 bits per heavy atom. The Bertz CT molecular complexity index is 219. The third-order valence-electron chi connectivity index (χ3n) is 3.75. The van der Waals surface area contributed by atoms with Crippen LogP contribution < -0.4 is 0 Å². The van der Waals surface area contributed by atoms with Crippen molar-refractivity contribution < 1.29 is 13.9 Å². The molecule has 3 heteroatoms. The highest BCUT2D eigenvalue weighted by Crippen LogP contribution is 2.15. The van der Waals surface area contributed by atoms with E-state index < -0.39 is 6.17 Å². The standard InChI is InChI=1S/C17H33FO2/c1-3-4-5-10-13-16(18)14-11-8-6-7-9-12-15-17(19)20-2/h16H,3-15H2,1-2H3/t16-/m1/s1. The molecule has 120 valence electrons. The second-order valence-corrected chi connectivity index (χ2v) is 5.68. The van der Waals surface area contributed by atoms with Crippen LogP contribution >= 0.6 is 0 Å². The van der Waals surface area contributed by atoms with Gasteiger partial charge in [-0.15, -0.1) is 0 Å². The summed E-state index contributed by atoms with van der Waals surface area (Å²) in [6, 6.07) is 0. The van der Waals surface area contributed by atoms with Crippen LogP contribution in [0.15, 0.2) is 0 Å². The zero-order valence-corrected chi connectivity index (χ0v) is 13.5. The van der Waals surface area contributed by atoms with Gasteiger partial charge in [-0.05, 0) is 19.3 Å². The van der Waals surface area contributed by atoms with Crippen LogP contribution in [0.25, 0.3) is 0 Å². The maximum absolute atomic E-state index is 13.5. The topological polar surface area (TPSA) is 26.3 Å². The molecule has 0 aromatic carbocycles. The van der Waals surface area contributed by atoms with Crippen molar-refractivity contribution in [3.05, 3.63) is 0 Å². The molecule has 0 heterocycles. The Morgan fingerprint density at radius 1 is 0.900 bits per heavy atom. The number of methoxy groups -OCH3 is 1. The quantitative estimate of drug-likeness (QED) is 0.308. The molecule has 0 aliphatic rings. The van der Waals surface area contributed by atoms with Crippen LogP contribution in [0.5, 0.6) is 0 Å². The highest BCUT2D eigenvalue weighted by atomic mass is 19.1. The number of carbonyl (C=O) groups excluding carboxylic acids is 1. The van der Waals surface area contributed by atoms with Crippen molar-refractivity contribution in [1.82, 2.24) is 0 Å². The van der Waals surface area contributed by atoms with Gasteiger partial charge in [0, 0.05) is 6.42 Å². The summed E-state index contributed by atoms with van der Waals surface area (Å²) in [6.45, 7) is 2.18. The molecule has 0 aliphatic heterocycles. The SMILES string of the molecule is CCCCCC[C@@H](F)CCCCCCCCC(=O)OC. The van der Waals surface area contributed by atoms with Crippen molar-refractivity contribution in [3.63, 3.8) is 0 Å². The molecule has 0 saturated heterocycles. The zero-order chi connectivity index (χ0) is 15.1. The first kappa shape index (κ1) is 19.4. The van der Waals surface area contributed by atoms with E-state index >= 15 is 0 Å². The van der Waals surface area contributed by atoms with E-state index in [1.807, 2.05) is 0 Å². The molecule has 0 spiro atoms. The molecule has 0 bridgehead atoms. The number of carbonyl (C=O) groups is 1. The minimum atomic E-state index is -0.591. The largest absolute Gasteiger partial charge is 0.469 e. The first-order valence-corrected chi connectivity index (χ1v) is 8.41. The van der Waals surface area contributed by atoms with Crippen LogP contribution in [0.2, 0.25) is 0 Å².